The molecular weight excluding hydrogens is 344 g/mol. The maximum absolute atomic E-state index is 12.8. The van der Waals surface area contributed by atoms with Crippen LogP contribution in [0.1, 0.15) is 5.56 Å². The second-order valence-corrected chi connectivity index (χ2v) is 6.01. The Labute approximate surface area is 153 Å². The number of aromatic nitrogens is 3. The first-order valence-electron chi connectivity index (χ1n) is 8.27. The van der Waals surface area contributed by atoms with Crippen molar-refractivity contribution in [1.29, 1.82) is 0 Å². The Balaban J connectivity index is 1.99. The molecule has 0 radical (unpaired) electrons. The number of nitro benzene ring substituents is 1. The van der Waals surface area contributed by atoms with Crippen molar-refractivity contribution in [2.24, 2.45) is 0 Å². The predicted molar refractivity (Wildman–Crippen MR) is 101 cm³/mol. The molecule has 132 valence electrons. The fourth-order valence-corrected chi connectivity index (χ4v) is 3.02. The number of non-ortho nitro benzene ring substituents is 1. The van der Waals surface area contributed by atoms with Gasteiger partial charge in [0.15, 0.2) is 0 Å². The molecule has 0 saturated heterocycles. The Bertz CT molecular complexity index is 1190. The Hall–Kier alpha value is -3.87. The molecule has 2 heterocycles. The van der Waals surface area contributed by atoms with Gasteiger partial charge in [0.2, 0.25) is 0 Å². The first-order valence-corrected chi connectivity index (χ1v) is 8.27. The van der Waals surface area contributed by atoms with Gasteiger partial charge in [-0.05, 0) is 23.8 Å². The number of nitrogens with zero attached hydrogens (tertiary/aromatic N) is 4. The summed E-state index contributed by atoms with van der Waals surface area (Å²) >= 11 is 0. The topological polar surface area (TPSA) is 90.9 Å². The van der Waals surface area contributed by atoms with Crippen LogP contribution in [0.2, 0.25) is 0 Å². The number of benzene rings is 2. The van der Waals surface area contributed by atoms with E-state index in [2.05, 4.69) is 9.97 Å². The average Bonchev–Trinajstić information content (AvgIpc) is 2.71. The average molecular weight is 358 g/mol. The molecule has 0 atom stereocenters. The summed E-state index contributed by atoms with van der Waals surface area (Å²) < 4.78 is 1.51. The zero-order valence-corrected chi connectivity index (χ0v) is 14.1. The van der Waals surface area contributed by atoms with Gasteiger partial charge in [-0.25, -0.2) is 4.79 Å². The lowest BCUT2D eigenvalue weighted by Crippen LogP contribution is -2.24. The van der Waals surface area contributed by atoms with E-state index in [1.807, 2.05) is 42.5 Å². The molecule has 4 rings (SSSR count). The molecule has 0 aliphatic rings. The van der Waals surface area contributed by atoms with E-state index in [9.17, 15) is 14.9 Å². The number of nitro groups is 1. The summed E-state index contributed by atoms with van der Waals surface area (Å²) in [4.78, 5) is 31.8. The van der Waals surface area contributed by atoms with Crippen LogP contribution in [0.5, 0.6) is 0 Å². The molecule has 7 nitrogen and oxygen atoms in total. The molecule has 0 unspecified atom stereocenters. The number of rotatable bonds is 4. The molecule has 0 saturated carbocycles. The van der Waals surface area contributed by atoms with Crippen LogP contribution in [0, 0.1) is 10.1 Å². The normalized spacial score (nSPS) is 10.8. The molecule has 0 aliphatic carbocycles. The van der Waals surface area contributed by atoms with Crippen molar-refractivity contribution in [1.82, 2.24) is 14.5 Å². The number of hydrogen-bond acceptors (Lipinski definition) is 5. The van der Waals surface area contributed by atoms with E-state index in [1.165, 1.54) is 16.7 Å². The second kappa shape index (κ2) is 6.80. The summed E-state index contributed by atoms with van der Waals surface area (Å²) in [6, 6.07) is 17.3. The van der Waals surface area contributed by atoms with Crippen LogP contribution >= 0.6 is 0 Å². The van der Waals surface area contributed by atoms with Crippen LogP contribution in [-0.2, 0) is 6.54 Å². The molecule has 2 aromatic heterocycles. The number of hydrogen-bond donors (Lipinski definition) is 0. The van der Waals surface area contributed by atoms with Gasteiger partial charge in [-0.1, -0.05) is 30.3 Å². The van der Waals surface area contributed by atoms with Crippen LogP contribution in [0.25, 0.3) is 22.2 Å². The van der Waals surface area contributed by atoms with Crippen LogP contribution in [0.3, 0.4) is 0 Å². The van der Waals surface area contributed by atoms with Crippen molar-refractivity contribution in [2.75, 3.05) is 0 Å². The minimum absolute atomic E-state index is 0.0457. The summed E-state index contributed by atoms with van der Waals surface area (Å²) in [6.45, 7) is 0.303. The summed E-state index contributed by atoms with van der Waals surface area (Å²) in [5, 5.41) is 11.8. The molecule has 0 N–H and O–H groups in total. The lowest BCUT2D eigenvalue weighted by Gasteiger charge is -2.13. The van der Waals surface area contributed by atoms with Crippen molar-refractivity contribution < 1.29 is 4.92 Å². The maximum Gasteiger partial charge on any atom is 0.348 e. The largest absolute Gasteiger partial charge is 0.348 e. The first kappa shape index (κ1) is 16.6. The Kier molecular flexibility index (Phi) is 4.18. The monoisotopic (exact) mass is 358 g/mol. The summed E-state index contributed by atoms with van der Waals surface area (Å²) in [7, 11) is 0. The van der Waals surface area contributed by atoms with Crippen LogP contribution in [0.4, 0.5) is 5.69 Å². The SMILES string of the molecule is O=c1nc(-c2ccccc2)c2cc([N+](=O)[O-])ccc2n1Cc1ccncc1. The third-order valence-corrected chi connectivity index (χ3v) is 4.31. The lowest BCUT2D eigenvalue weighted by atomic mass is 10.1. The van der Waals surface area contributed by atoms with E-state index in [-0.39, 0.29) is 5.69 Å². The lowest BCUT2D eigenvalue weighted by molar-refractivity contribution is -0.384. The van der Waals surface area contributed by atoms with Crippen LogP contribution in [0.15, 0.2) is 77.9 Å². The van der Waals surface area contributed by atoms with Crippen molar-refractivity contribution >= 4 is 16.6 Å². The van der Waals surface area contributed by atoms with Crippen molar-refractivity contribution in [3.63, 3.8) is 0 Å². The maximum atomic E-state index is 12.8. The van der Waals surface area contributed by atoms with Crippen LogP contribution in [-0.4, -0.2) is 19.5 Å². The van der Waals surface area contributed by atoms with E-state index >= 15 is 0 Å². The molecule has 0 fully saturated rings. The van der Waals surface area contributed by atoms with E-state index in [0.29, 0.717) is 23.1 Å². The Morgan fingerprint density at radius 3 is 2.44 bits per heavy atom. The smallest absolute Gasteiger partial charge is 0.287 e. The zero-order valence-electron chi connectivity index (χ0n) is 14.1. The van der Waals surface area contributed by atoms with E-state index in [4.69, 9.17) is 0 Å². The third-order valence-electron chi connectivity index (χ3n) is 4.31. The van der Waals surface area contributed by atoms with Crippen molar-refractivity contribution in [2.45, 2.75) is 6.54 Å². The number of pyridine rings is 1. The second-order valence-electron chi connectivity index (χ2n) is 6.01. The highest BCUT2D eigenvalue weighted by atomic mass is 16.6. The van der Waals surface area contributed by atoms with Gasteiger partial charge in [0, 0.05) is 35.5 Å². The van der Waals surface area contributed by atoms with Gasteiger partial charge in [-0.3, -0.25) is 19.7 Å². The minimum Gasteiger partial charge on any atom is -0.287 e. The van der Waals surface area contributed by atoms with Crippen molar-refractivity contribution in [3.8, 4) is 11.3 Å². The standard InChI is InChI=1S/C20H14N4O3/c25-20-22-19(15-4-2-1-3-5-15)17-12-16(24(26)27)6-7-18(17)23(20)13-14-8-10-21-11-9-14/h1-12H,13H2. The van der Waals surface area contributed by atoms with E-state index < -0.39 is 10.6 Å². The predicted octanol–water partition coefficient (Wildman–Crippen LogP) is 3.42. The van der Waals surface area contributed by atoms with Gasteiger partial charge in [0.1, 0.15) is 0 Å². The van der Waals surface area contributed by atoms with Gasteiger partial charge < -0.3 is 0 Å². The Morgan fingerprint density at radius 1 is 1.00 bits per heavy atom. The fourth-order valence-electron chi connectivity index (χ4n) is 3.02. The first-order chi connectivity index (χ1) is 13.1. The summed E-state index contributed by atoms with van der Waals surface area (Å²) in [5.41, 5.74) is 2.20. The number of fused-ring (bicyclic) bond motifs is 1. The van der Waals surface area contributed by atoms with Crippen molar-refractivity contribution in [3.05, 3.63) is 99.2 Å². The molecule has 2 aromatic carbocycles. The molecule has 0 bridgehead atoms. The zero-order chi connectivity index (χ0) is 18.8. The Morgan fingerprint density at radius 2 is 1.74 bits per heavy atom. The van der Waals surface area contributed by atoms with Crippen LogP contribution < -0.4 is 5.69 Å². The van der Waals surface area contributed by atoms with Gasteiger partial charge in [0.25, 0.3) is 5.69 Å². The van der Waals surface area contributed by atoms with E-state index in [0.717, 1.165) is 11.1 Å². The summed E-state index contributed by atoms with van der Waals surface area (Å²) in [6.07, 6.45) is 3.30. The highest BCUT2D eigenvalue weighted by Crippen LogP contribution is 2.28. The summed E-state index contributed by atoms with van der Waals surface area (Å²) in [5.74, 6) is 0. The molecule has 7 heteroatoms. The molecule has 0 amide bonds. The van der Waals surface area contributed by atoms with Gasteiger partial charge in [0.05, 0.1) is 22.7 Å². The highest BCUT2D eigenvalue weighted by molar-refractivity contribution is 5.93. The molecule has 27 heavy (non-hydrogen) atoms. The van der Waals surface area contributed by atoms with Gasteiger partial charge in [-0.15, -0.1) is 0 Å². The highest BCUT2D eigenvalue weighted by Gasteiger charge is 2.16. The fraction of sp³-hybridized carbons (Fsp3) is 0.0500. The van der Waals surface area contributed by atoms with Gasteiger partial charge >= 0.3 is 5.69 Å². The van der Waals surface area contributed by atoms with Gasteiger partial charge in [-0.2, -0.15) is 4.98 Å². The minimum atomic E-state index is -0.452. The van der Waals surface area contributed by atoms with E-state index in [1.54, 1.807) is 18.5 Å². The molecule has 0 aliphatic heterocycles. The third kappa shape index (κ3) is 3.18. The molecule has 4 aromatic rings. The molecule has 0 spiro atoms. The molecular formula is C20H14N4O3. The quantitative estimate of drug-likeness (QED) is 0.412.